The molecule has 0 spiro atoms. The molecule has 2 aliphatic carbocycles. The summed E-state index contributed by atoms with van der Waals surface area (Å²) in [6.45, 7) is 4.89. The second-order valence-electron chi connectivity index (χ2n) is 10.7. The molecule has 6 nitrogen and oxygen atoms in total. The molecule has 2 N–H and O–H groups in total. The first-order valence-electron chi connectivity index (χ1n) is 12.6. The third kappa shape index (κ3) is 5.02. The summed E-state index contributed by atoms with van der Waals surface area (Å²) in [6.07, 6.45) is 10.5. The number of benzene rings is 1. The molecular weight excluding hydrogens is 436 g/mol. The fraction of sp³-hybridized carbons (Fsp3) is 0.414. The average Bonchev–Trinajstić information content (AvgIpc) is 2.98. The van der Waals surface area contributed by atoms with Crippen molar-refractivity contribution in [3.8, 4) is 0 Å². The van der Waals surface area contributed by atoms with Gasteiger partial charge in [-0.2, -0.15) is 0 Å². The Hall–Kier alpha value is -3.41. The van der Waals surface area contributed by atoms with Crippen LogP contribution in [0.5, 0.6) is 0 Å². The predicted octanol–water partition coefficient (Wildman–Crippen LogP) is 5.00. The van der Waals surface area contributed by atoms with Crippen molar-refractivity contribution in [2.45, 2.75) is 58.5 Å². The van der Waals surface area contributed by atoms with E-state index in [9.17, 15) is 9.59 Å². The Bertz CT molecular complexity index is 1170. The maximum Gasteiger partial charge on any atom is 0.239 e. The number of hydrogen-bond donors (Lipinski definition) is 2. The van der Waals surface area contributed by atoms with Crippen molar-refractivity contribution in [3.63, 3.8) is 0 Å². The summed E-state index contributed by atoms with van der Waals surface area (Å²) in [5.41, 5.74) is 4.55. The maximum atomic E-state index is 13.7. The molecule has 1 aromatic carbocycles. The average molecular weight is 471 g/mol. The van der Waals surface area contributed by atoms with Crippen LogP contribution in [0.1, 0.15) is 51.6 Å². The summed E-state index contributed by atoms with van der Waals surface area (Å²) in [4.78, 5) is 33.5. The molecule has 3 aliphatic rings. The predicted molar refractivity (Wildman–Crippen MR) is 139 cm³/mol. The van der Waals surface area contributed by atoms with Gasteiger partial charge in [0.25, 0.3) is 0 Å². The molecule has 2 heterocycles. The SMILES string of the molecule is CC1(C)CC(=O)C2=C(C1)Nc1ccccc1N(CC(=O)NCc1ccccn1)C2C1CC=CCC1. The lowest BCUT2D eigenvalue weighted by Crippen LogP contribution is -2.49. The van der Waals surface area contributed by atoms with E-state index in [0.29, 0.717) is 13.0 Å². The Morgan fingerprint density at radius 3 is 2.74 bits per heavy atom. The largest absolute Gasteiger partial charge is 0.357 e. The second kappa shape index (κ2) is 9.68. The molecule has 0 saturated carbocycles. The molecule has 6 heteroatoms. The Labute approximate surface area is 207 Å². The van der Waals surface area contributed by atoms with Crippen LogP contribution in [0.2, 0.25) is 0 Å². The first-order valence-corrected chi connectivity index (χ1v) is 12.6. The highest BCUT2D eigenvalue weighted by atomic mass is 16.2. The summed E-state index contributed by atoms with van der Waals surface area (Å²) in [5.74, 6) is 0.399. The number of carbonyl (C=O) groups is 2. The number of anilines is 2. The molecule has 2 aromatic rings. The lowest BCUT2D eigenvalue weighted by Gasteiger charge is -2.41. The molecular formula is C29H34N4O2. The van der Waals surface area contributed by atoms with Crippen LogP contribution >= 0.6 is 0 Å². The van der Waals surface area contributed by atoms with Gasteiger partial charge in [0.05, 0.1) is 36.2 Å². The summed E-state index contributed by atoms with van der Waals surface area (Å²) < 4.78 is 0. The number of hydrogen-bond acceptors (Lipinski definition) is 5. The molecule has 1 amide bonds. The van der Waals surface area contributed by atoms with Crippen LogP contribution in [0, 0.1) is 11.3 Å². The van der Waals surface area contributed by atoms with Gasteiger partial charge in [-0.1, -0.05) is 44.2 Å². The highest BCUT2D eigenvalue weighted by Crippen LogP contribution is 2.46. The summed E-state index contributed by atoms with van der Waals surface area (Å²) >= 11 is 0. The third-order valence-electron chi connectivity index (χ3n) is 7.31. The maximum absolute atomic E-state index is 13.7. The zero-order chi connectivity index (χ0) is 24.4. The zero-order valence-electron chi connectivity index (χ0n) is 20.6. The molecule has 0 fully saturated rings. The number of para-hydroxylation sites is 2. The zero-order valence-corrected chi connectivity index (χ0v) is 20.6. The highest BCUT2D eigenvalue weighted by Gasteiger charge is 2.43. The molecule has 1 aromatic heterocycles. The lowest BCUT2D eigenvalue weighted by molar-refractivity contribution is -0.121. The first-order chi connectivity index (χ1) is 16.9. The van der Waals surface area contributed by atoms with Crippen molar-refractivity contribution in [1.29, 1.82) is 0 Å². The molecule has 5 rings (SSSR count). The molecule has 182 valence electrons. The van der Waals surface area contributed by atoms with Crippen LogP contribution in [0.3, 0.4) is 0 Å². The number of pyridine rings is 1. The van der Waals surface area contributed by atoms with Gasteiger partial charge in [0.15, 0.2) is 5.78 Å². The molecule has 2 atom stereocenters. The fourth-order valence-electron chi connectivity index (χ4n) is 5.77. The molecule has 35 heavy (non-hydrogen) atoms. The van der Waals surface area contributed by atoms with Crippen LogP contribution in [0.15, 0.2) is 72.1 Å². The number of carbonyl (C=O) groups excluding carboxylic acids is 2. The summed E-state index contributed by atoms with van der Waals surface area (Å²) in [7, 11) is 0. The molecule has 2 unspecified atom stereocenters. The van der Waals surface area contributed by atoms with Gasteiger partial charge in [0, 0.05) is 23.9 Å². The molecule has 0 radical (unpaired) electrons. The number of rotatable bonds is 5. The number of aromatic nitrogens is 1. The van der Waals surface area contributed by atoms with Crippen LogP contribution in [0.4, 0.5) is 11.4 Å². The van der Waals surface area contributed by atoms with Crippen molar-refractivity contribution >= 4 is 23.1 Å². The van der Waals surface area contributed by atoms with Crippen LogP contribution in [-0.4, -0.2) is 29.3 Å². The van der Waals surface area contributed by atoms with E-state index in [0.717, 1.165) is 54.0 Å². The second-order valence-corrected chi connectivity index (χ2v) is 10.7. The molecule has 0 saturated heterocycles. The summed E-state index contributed by atoms with van der Waals surface area (Å²) in [5, 5.41) is 6.67. The van der Waals surface area contributed by atoms with Gasteiger partial charge >= 0.3 is 0 Å². The van der Waals surface area contributed by atoms with E-state index in [1.807, 2.05) is 36.4 Å². The van der Waals surface area contributed by atoms with Crippen molar-refractivity contribution in [2.75, 3.05) is 16.8 Å². The van der Waals surface area contributed by atoms with Gasteiger partial charge in [-0.15, -0.1) is 0 Å². The Balaban J connectivity index is 1.53. The van der Waals surface area contributed by atoms with Crippen LogP contribution in [0.25, 0.3) is 0 Å². The standard InChI is InChI=1S/C29H34N4O2/c1-29(2)16-23-27(25(34)17-29)28(20-10-4-3-5-11-20)33(24-14-7-6-13-22(24)32-23)19-26(35)31-18-21-12-8-9-15-30-21/h3-4,6-9,12-15,20,28,32H,5,10-11,16-19H2,1-2H3,(H,31,35). The highest BCUT2D eigenvalue weighted by molar-refractivity contribution is 6.01. The van der Waals surface area contributed by atoms with E-state index in [4.69, 9.17) is 0 Å². The smallest absolute Gasteiger partial charge is 0.239 e. The van der Waals surface area contributed by atoms with E-state index in [1.165, 1.54) is 0 Å². The Kier molecular flexibility index (Phi) is 6.46. The fourth-order valence-corrected chi connectivity index (χ4v) is 5.77. The summed E-state index contributed by atoms with van der Waals surface area (Å²) in [6, 6.07) is 13.7. The number of nitrogens with zero attached hydrogens (tertiary/aromatic N) is 2. The van der Waals surface area contributed by atoms with Gasteiger partial charge in [-0.05, 0) is 61.3 Å². The van der Waals surface area contributed by atoms with Crippen molar-refractivity contribution in [3.05, 3.63) is 77.8 Å². The number of ketones is 1. The minimum Gasteiger partial charge on any atom is -0.357 e. The van der Waals surface area contributed by atoms with Gasteiger partial charge in [-0.25, -0.2) is 0 Å². The minimum atomic E-state index is -0.143. The number of Topliss-reactive ketones (excluding diaryl/α,β-unsaturated/α-hetero) is 1. The quantitative estimate of drug-likeness (QED) is 0.602. The topological polar surface area (TPSA) is 74.3 Å². The number of nitrogens with one attached hydrogen (secondary N) is 2. The van der Waals surface area contributed by atoms with Gasteiger partial charge in [-0.3, -0.25) is 14.6 Å². The van der Waals surface area contributed by atoms with E-state index < -0.39 is 0 Å². The normalized spacial score (nSPS) is 23.1. The van der Waals surface area contributed by atoms with E-state index in [1.54, 1.807) is 6.20 Å². The number of amides is 1. The van der Waals surface area contributed by atoms with Crippen LogP contribution in [-0.2, 0) is 16.1 Å². The lowest BCUT2D eigenvalue weighted by atomic mass is 9.71. The number of fused-ring (bicyclic) bond motifs is 1. The Morgan fingerprint density at radius 2 is 1.97 bits per heavy atom. The van der Waals surface area contributed by atoms with Crippen molar-refractivity contribution in [2.24, 2.45) is 11.3 Å². The molecule has 0 bridgehead atoms. The third-order valence-corrected chi connectivity index (χ3v) is 7.31. The van der Waals surface area contributed by atoms with Crippen LogP contribution < -0.4 is 15.5 Å². The van der Waals surface area contributed by atoms with Crippen molar-refractivity contribution in [1.82, 2.24) is 10.3 Å². The molecule has 1 aliphatic heterocycles. The van der Waals surface area contributed by atoms with E-state index in [2.05, 4.69) is 52.6 Å². The monoisotopic (exact) mass is 470 g/mol. The van der Waals surface area contributed by atoms with E-state index in [-0.39, 0.29) is 35.6 Å². The van der Waals surface area contributed by atoms with Gasteiger partial charge in [0.2, 0.25) is 5.91 Å². The number of allylic oxidation sites excluding steroid dienone is 3. The van der Waals surface area contributed by atoms with Gasteiger partial charge in [0.1, 0.15) is 0 Å². The van der Waals surface area contributed by atoms with Gasteiger partial charge < -0.3 is 15.5 Å². The first kappa shape index (κ1) is 23.3. The Morgan fingerprint density at radius 1 is 1.14 bits per heavy atom. The van der Waals surface area contributed by atoms with Crippen molar-refractivity contribution < 1.29 is 9.59 Å². The minimum absolute atomic E-state index is 0.0746. The van der Waals surface area contributed by atoms with E-state index >= 15 is 0 Å².